The summed E-state index contributed by atoms with van der Waals surface area (Å²) in [7, 11) is 1.60. The molecule has 0 unspecified atom stereocenters. The van der Waals surface area contributed by atoms with Gasteiger partial charge >= 0.3 is 0 Å². The predicted octanol–water partition coefficient (Wildman–Crippen LogP) is 2.91. The Morgan fingerprint density at radius 2 is 1.95 bits per heavy atom. The molecule has 0 fully saturated rings. The molecular weight excluding hydrogens is 300 g/mol. The van der Waals surface area contributed by atoms with E-state index in [1.54, 1.807) is 42.8 Å². The third-order valence-corrected chi connectivity index (χ3v) is 3.71. The molecule has 1 heterocycles. The maximum absolute atomic E-state index is 11.8. The fourth-order valence-electron chi connectivity index (χ4n) is 1.84. The van der Waals surface area contributed by atoms with Crippen molar-refractivity contribution in [3.63, 3.8) is 0 Å². The van der Waals surface area contributed by atoms with E-state index in [0.29, 0.717) is 24.9 Å². The molecule has 0 aliphatic carbocycles. The highest BCUT2D eigenvalue weighted by atomic mass is 32.1. The summed E-state index contributed by atoms with van der Waals surface area (Å²) in [6.45, 7) is 0.477. The molecule has 1 aromatic carbocycles. The first-order valence-corrected chi connectivity index (χ1v) is 7.87. The zero-order valence-electron chi connectivity index (χ0n) is 12.3. The van der Waals surface area contributed by atoms with Gasteiger partial charge in [0.15, 0.2) is 0 Å². The van der Waals surface area contributed by atoms with Crippen LogP contribution >= 0.6 is 11.3 Å². The van der Waals surface area contributed by atoms with Crippen molar-refractivity contribution in [3.8, 4) is 5.75 Å². The van der Waals surface area contributed by atoms with E-state index >= 15 is 0 Å². The lowest BCUT2D eigenvalue weighted by Gasteiger charge is -2.07. The average molecular weight is 318 g/mol. The highest BCUT2D eigenvalue weighted by Crippen LogP contribution is 2.15. The van der Waals surface area contributed by atoms with Gasteiger partial charge in [-0.2, -0.15) is 11.3 Å². The second kappa shape index (κ2) is 8.19. The van der Waals surface area contributed by atoms with E-state index < -0.39 is 0 Å². The van der Waals surface area contributed by atoms with Crippen molar-refractivity contribution in [1.29, 1.82) is 0 Å². The van der Waals surface area contributed by atoms with Gasteiger partial charge in [-0.1, -0.05) is 0 Å². The lowest BCUT2D eigenvalue weighted by molar-refractivity contribution is -0.116. The van der Waals surface area contributed by atoms with Gasteiger partial charge in [0.2, 0.25) is 5.91 Å². The van der Waals surface area contributed by atoms with Crippen LogP contribution in [0, 0.1) is 0 Å². The third-order valence-electron chi connectivity index (χ3n) is 3.02. The van der Waals surface area contributed by atoms with Gasteiger partial charge in [0, 0.05) is 29.6 Å². The quantitative estimate of drug-likeness (QED) is 0.771. The summed E-state index contributed by atoms with van der Waals surface area (Å²) >= 11 is 1.48. The Balaban J connectivity index is 1.66. The number of ether oxygens (including phenoxy) is 1. The molecule has 0 bridgehead atoms. The highest BCUT2D eigenvalue weighted by Gasteiger charge is 2.06. The number of thiophene rings is 1. The fraction of sp³-hybridized carbons (Fsp3) is 0.250. The van der Waals surface area contributed by atoms with Crippen molar-refractivity contribution in [1.82, 2.24) is 5.32 Å². The molecule has 0 saturated carbocycles. The van der Waals surface area contributed by atoms with E-state index in [9.17, 15) is 9.59 Å². The van der Waals surface area contributed by atoms with Gasteiger partial charge < -0.3 is 15.4 Å². The van der Waals surface area contributed by atoms with Crippen LogP contribution in [0.3, 0.4) is 0 Å². The van der Waals surface area contributed by atoms with Crippen molar-refractivity contribution in [2.75, 3.05) is 19.0 Å². The van der Waals surface area contributed by atoms with E-state index in [1.165, 1.54) is 11.3 Å². The Hall–Kier alpha value is -2.34. The number of rotatable bonds is 7. The van der Waals surface area contributed by atoms with Gasteiger partial charge in [0.1, 0.15) is 5.75 Å². The zero-order chi connectivity index (χ0) is 15.8. The molecule has 2 N–H and O–H groups in total. The summed E-state index contributed by atoms with van der Waals surface area (Å²) < 4.78 is 5.05. The lowest BCUT2D eigenvalue weighted by atomic mass is 10.2. The fourth-order valence-corrected chi connectivity index (χ4v) is 2.48. The van der Waals surface area contributed by atoms with Crippen LogP contribution in [-0.2, 0) is 4.79 Å². The largest absolute Gasteiger partial charge is 0.497 e. The molecule has 22 heavy (non-hydrogen) atoms. The number of nitrogens with one attached hydrogen (secondary N) is 2. The molecule has 0 atom stereocenters. The highest BCUT2D eigenvalue weighted by molar-refractivity contribution is 7.08. The molecule has 2 aromatic rings. The van der Waals surface area contributed by atoms with Gasteiger partial charge in [-0.25, -0.2) is 0 Å². The van der Waals surface area contributed by atoms with Crippen LogP contribution in [-0.4, -0.2) is 25.5 Å². The average Bonchev–Trinajstić information content (AvgIpc) is 3.06. The van der Waals surface area contributed by atoms with Crippen LogP contribution in [0.1, 0.15) is 23.2 Å². The molecule has 0 aliphatic heterocycles. The molecular formula is C16H18N2O3S. The Kier molecular flexibility index (Phi) is 5.97. The summed E-state index contributed by atoms with van der Waals surface area (Å²) in [5.74, 6) is 0.570. The molecule has 6 heteroatoms. The molecule has 1 aromatic heterocycles. The molecule has 116 valence electrons. The summed E-state index contributed by atoms with van der Waals surface area (Å²) in [4.78, 5) is 23.5. The molecule has 0 radical (unpaired) electrons. The Morgan fingerprint density at radius 1 is 1.18 bits per heavy atom. The van der Waals surface area contributed by atoms with Crippen LogP contribution in [0.4, 0.5) is 5.69 Å². The van der Waals surface area contributed by atoms with Crippen LogP contribution < -0.4 is 15.4 Å². The van der Waals surface area contributed by atoms with Crippen LogP contribution in [0.5, 0.6) is 5.75 Å². The predicted molar refractivity (Wildman–Crippen MR) is 87.5 cm³/mol. The van der Waals surface area contributed by atoms with Gasteiger partial charge in [-0.3, -0.25) is 9.59 Å². The van der Waals surface area contributed by atoms with Crippen LogP contribution in [0.25, 0.3) is 0 Å². The number of anilines is 1. The number of hydrogen-bond donors (Lipinski definition) is 2. The first-order chi connectivity index (χ1) is 10.7. The zero-order valence-corrected chi connectivity index (χ0v) is 13.1. The first kappa shape index (κ1) is 16.0. The molecule has 5 nitrogen and oxygen atoms in total. The maximum Gasteiger partial charge on any atom is 0.252 e. The summed E-state index contributed by atoms with van der Waals surface area (Å²) in [6, 6.07) is 8.92. The lowest BCUT2D eigenvalue weighted by Crippen LogP contribution is -2.25. The van der Waals surface area contributed by atoms with Crippen LogP contribution in [0.2, 0.25) is 0 Å². The molecule has 2 amide bonds. The summed E-state index contributed by atoms with van der Waals surface area (Å²) in [5, 5.41) is 9.25. The minimum atomic E-state index is -0.100. The Bertz CT molecular complexity index is 609. The monoisotopic (exact) mass is 318 g/mol. The van der Waals surface area contributed by atoms with Crippen LogP contribution in [0.15, 0.2) is 41.1 Å². The first-order valence-electron chi connectivity index (χ1n) is 6.93. The number of hydrogen-bond acceptors (Lipinski definition) is 4. The van der Waals surface area contributed by atoms with E-state index in [-0.39, 0.29) is 11.8 Å². The maximum atomic E-state index is 11.8. The van der Waals surface area contributed by atoms with Gasteiger partial charge in [0.05, 0.1) is 7.11 Å². The van der Waals surface area contributed by atoms with Gasteiger partial charge in [-0.05, 0) is 42.1 Å². The SMILES string of the molecule is COc1ccc(NC(=O)CCCNC(=O)c2ccsc2)cc1. The molecule has 2 rings (SSSR count). The number of benzene rings is 1. The third kappa shape index (κ3) is 4.89. The topological polar surface area (TPSA) is 67.4 Å². The standard InChI is InChI=1S/C16H18N2O3S/c1-21-14-6-4-13(5-7-14)18-15(19)3-2-9-17-16(20)12-8-10-22-11-12/h4-8,10-11H,2-3,9H2,1H3,(H,17,20)(H,18,19). The minimum Gasteiger partial charge on any atom is -0.497 e. The minimum absolute atomic E-state index is 0.0741. The number of methoxy groups -OCH3 is 1. The van der Waals surface area contributed by atoms with Crippen molar-refractivity contribution in [3.05, 3.63) is 46.7 Å². The summed E-state index contributed by atoms with van der Waals surface area (Å²) in [5.41, 5.74) is 1.39. The van der Waals surface area contributed by atoms with E-state index in [4.69, 9.17) is 4.74 Å². The van der Waals surface area contributed by atoms with E-state index in [2.05, 4.69) is 10.6 Å². The molecule has 0 spiro atoms. The number of carbonyl (C=O) groups excluding carboxylic acids is 2. The number of amides is 2. The van der Waals surface area contributed by atoms with Gasteiger partial charge in [-0.15, -0.1) is 0 Å². The van der Waals surface area contributed by atoms with Gasteiger partial charge in [0.25, 0.3) is 5.91 Å². The Morgan fingerprint density at radius 3 is 2.59 bits per heavy atom. The van der Waals surface area contributed by atoms with Crippen molar-refractivity contribution >= 4 is 28.8 Å². The summed E-state index contributed by atoms with van der Waals surface area (Å²) in [6.07, 6.45) is 0.952. The van der Waals surface area contributed by atoms with Crippen molar-refractivity contribution in [2.45, 2.75) is 12.8 Å². The normalized spacial score (nSPS) is 10.0. The second-order valence-electron chi connectivity index (χ2n) is 4.65. The molecule has 0 saturated heterocycles. The smallest absolute Gasteiger partial charge is 0.252 e. The van der Waals surface area contributed by atoms with E-state index in [0.717, 1.165) is 11.4 Å². The van der Waals surface area contributed by atoms with Crippen molar-refractivity contribution in [2.24, 2.45) is 0 Å². The number of carbonyl (C=O) groups is 2. The van der Waals surface area contributed by atoms with Crippen molar-refractivity contribution < 1.29 is 14.3 Å². The Labute approximate surface area is 133 Å². The van der Waals surface area contributed by atoms with E-state index in [1.807, 2.05) is 5.38 Å². The second-order valence-corrected chi connectivity index (χ2v) is 5.43. The molecule has 0 aliphatic rings.